The Morgan fingerprint density at radius 3 is 1.83 bits per heavy atom. The van der Waals surface area contributed by atoms with Crippen LogP contribution < -0.4 is 20.7 Å². The van der Waals surface area contributed by atoms with E-state index < -0.39 is 5.91 Å². The minimum atomic E-state index is -0.395. The summed E-state index contributed by atoms with van der Waals surface area (Å²) in [7, 11) is 1.54. The lowest BCUT2D eigenvalue weighted by molar-refractivity contribution is -0.115. The van der Waals surface area contributed by atoms with E-state index in [1.54, 1.807) is 18.2 Å². The molecule has 0 radical (unpaired) electrons. The van der Waals surface area contributed by atoms with Crippen molar-refractivity contribution < 1.29 is 19.1 Å². The van der Waals surface area contributed by atoms with E-state index in [1.165, 1.54) is 21.0 Å². The van der Waals surface area contributed by atoms with Crippen molar-refractivity contribution in [3.8, 4) is 5.75 Å². The molecule has 0 aliphatic heterocycles. The summed E-state index contributed by atoms with van der Waals surface area (Å²) in [5, 5.41) is 8.13. The van der Waals surface area contributed by atoms with Crippen LogP contribution >= 0.6 is 0 Å². The molecule has 3 amide bonds. The van der Waals surface area contributed by atoms with Crippen LogP contribution in [0.1, 0.15) is 50.5 Å². The number of nitrogens with one attached hydrogen (secondary N) is 3. The zero-order valence-corrected chi connectivity index (χ0v) is 17.6. The van der Waals surface area contributed by atoms with Gasteiger partial charge in [0.2, 0.25) is 11.8 Å². The molecule has 2 aromatic rings. The maximum absolute atomic E-state index is 12.9. The fourth-order valence-electron chi connectivity index (χ4n) is 2.78. The second kappa shape index (κ2) is 8.77. The van der Waals surface area contributed by atoms with E-state index in [1.807, 2.05) is 18.2 Å². The topological polar surface area (TPSA) is 96.5 Å². The molecule has 7 heteroatoms. The van der Waals surface area contributed by atoms with Crippen LogP contribution in [0.15, 0.2) is 36.4 Å². The highest BCUT2D eigenvalue weighted by Gasteiger charge is 2.18. The second-order valence-corrected chi connectivity index (χ2v) is 7.78. The highest BCUT2D eigenvalue weighted by atomic mass is 16.5. The zero-order chi connectivity index (χ0) is 21.8. The van der Waals surface area contributed by atoms with Gasteiger partial charge >= 0.3 is 0 Å². The van der Waals surface area contributed by atoms with Gasteiger partial charge in [-0.1, -0.05) is 26.8 Å². The molecule has 7 nitrogen and oxygen atoms in total. The Morgan fingerprint density at radius 1 is 0.828 bits per heavy atom. The van der Waals surface area contributed by atoms with Gasteiger partial charge in [-0.25, -0.2) is 0 Å². The van der Waals surface area contributed by atoms with Crippen molar-refractivity contribution in [3.63, 3.8) is 0 Å². The number of carbonyl (C=O) groups is 3. The van der Waals surface area contributed by atoms with Crippen LogP contribution in [0.2, 0.25) is 0 Å². The first-order valence-electron chi connectivity index (χ1n) is 9.19. The van der Waals surface area contributed by atoms with Crippen LogP contribution in [-0.2, 0) is 15.0 Å². The second-order valence-electron chi connectivity index (χ2n) is 7.78. The molecule has 0 fully saturated rings. The molecule has 0 aliphatic carbocycles. The Balaban J connectivity index is 2.41. The number of benzene rings is 2. The molecule has 0 saturated heterocycles. The summed E-state index contributed by atoms with van der Waals surface area (Å²) in [4.78, 5) is 35.8. The van der Waals surface area contributed by atoms with Gasteiger partial charge in [-0.3, -0.25) is 14.4 Å². The SMILES string of the molecule is COc1ccc(C(C)(C)C)cc1NC(=O)c1cc(NC(C)=O)cc(NC(C)=O)c1. The average Bonchev–Trinajstić information content (AvgIpc) is 2.59. The minimum absolute atomic E-state index is 0.102. The molecule has 0 spiro atoms. The van der Waals surface area contributed by atoms with Crippen LogP contribution in [0.5, 0.6) is 5.75 Å². The molecule has 29 heavy (non-hydrogen) atoms. The molecule has 0 saturated carbocycles. The molecule has 0 aliphatic rings. The van der Waals surface area contributed by atoms with Gasteiger partial charge in [0.15, 0.2) is 0 Å². The summed E-state index contributed by atoms with van der Waals surface area (Å²) >= 11 is 0. The monoisotopic (exact) mass is 397 g/mol. The molecule has 0 unspecified atom stereocenters. The van der Waals surface area contributed by atoms with Gasteiger partial charge in [0.25, 0.3) is 5.91 Å². The maximum atomic E-state index is 12.9. The van der Waals surface area contributed by atoms with Gasteiger partial charge in [-0.15, -0.1) is 0 Å². The third kappa shape index (κ3) is 6.07. The predicted octanol–water partition coefficient (Wildman–Crippen LogP) is 4.16. The fourth-order valence-corrected chi connectivity index (χ4v) is 2.78. The fraction of sp³-hybridized carbons (Fsp3) is 0.318. The van der Waals surface area contributed by atoms with E-state index in [-0.39, 0.29) is 22.8 Å². The molecule has 2 rings (SSSR count). The number of hydrogen-bond acceptors (Lipinski definition) is 4. The van der Waals surface area contributed by atoms with Crippen LogP contribution in [0.3, 0.4) is 0 Å². The van der Waals surface area contributed by atoms with Gasteiger partial charge in [0.05, 0.1) is 12.8 Å². The Kier molecular flexibility index (Phi) is 6.64. The molecule has 3 N–H and O–H groups in total. The summed E-state index contributed by atoms with van der Waals surface area (Å²) < 4.78 is 5.37. The van der Waals surface area contributed by atoms with Crippen molar-refractivity contribution in [2.24, 2.45) is 0 Å². The quantitative estimate of drug-likeness (QED) is 0.706. The van der Waals surface area contributed by atoms with E-state index in [0.29, 0.717) is 22.8 Å². The Labute approximate surface area is 170 Å². The maximum Gasteiger partial charge on any atom is 0.255 e. The van der Waals surface area contributed by atoms with E-state index in [9.17, 15) is 14.4 Å². The summed E-state index contributed by atoms with van der Waals surface area (Å²) in [5.41, 5.74) is 2.57. The molecule has 0 bridgehead atoms. The Hall–Kier alpha value is -3.35. The van der Waals surface area contributed by atoms with E-state index in [4.69, 9.17) is 4.74 Å². The normalized spacial score (nSPS) is 10.8. The lowest BCUT2D eigenvalue weighted by atomic mass is 9.87. The highest BCUT2D eigenvalue weighted by molar-refractivity contribution is 6.07. The van der Waals surface area contributed by atoms with Crippen molar-refractivity contribution in [1.82, 2.24) is 0 Å². The van der Waals surface area contributed by atoms with Gasteiger partial charge in [0, 0.05) is 30.8 Å². The van der Waals surface area contributed by atoms with E-state index >= 15 is 0 Å². The first-order valence-corrected chi connectivity index (χ1v) is 9.19. The molecule has 0 heterocycles. The zero-order valence-electron chi connectivity index (χ0n) is 17.6. The summed E-state index contributed by atoms with van der Waals surface area (Å²) in [6.07, 6.45) is 0. The largest absolute Gasteiger partial charge is 0.495 e. The molecule has 2 aromatic carbocycles. The van der Waals surface area contributed by atoms with E-state index in [0.717, 1.165) is 5.56 Å². The standard InChI is InChI=1S/C22H27N3O4/c1-13(26)23-17-9-15(10-18(12-17)24-14(2)27)21(28)25-19-11-16(22(3,4)5)7-8-20(19)29-6/h7-12H,1-6H3,(H,23,26)(H,24,27)(H,25,28). The molecule has 0 aromatic heterocycles. The highest BCUT2D eigenvalue weighted by Crippen LogP contribution is 2.32. The van der Waals surface area contributed by atoms with Crippen molar-refractivity contribution in [2.75, 3.05) is 23.1 Å². The lowest BCUT2D eigenvalue weighted by Gasteiger charge is -2.21. The number of anilines is 3. The number of amides is 3. The van der Waals surface area contributed by atoms with E-state index in [2.05, 4.69) is 36.7 Å². The Bertz CT molecular complexity index is 911. The third-order valence-corrected chi connectivity index (χ3v) is 4.15. The smallest absolute Gasteiger partial charge is 0.255 e. The molecular weight excluding hydrogens is 370 g/mol. The van der Waals surface area contributed by atoms with Crippen LogP contribution in [0, 0.1) is 0 Å². The van der Waals surface area contributed by atoms with Gasteiger partial charge < -0.3 is 20.7 Å². The van der Waals surface area contributed by atoms with Crippen molar-refractivity contribution in [1.29, 1.82) is 0 Å². The molecule has 154 valence electrons. The third-order valence-electron chi connectivity index (χ3n) is 4.15. The summed E-state index contributed by atoms with van der Waals surface area (Å²) in [6.45, 7) is 8.98. The Morgan fingerprint density at radius 2 is 1.38 bits per heavy atom. The van der Waals surface area contributed by atoms with Crippen molar-refractivity contribution in [2.45, 2.75) is 40.0 Å². The number of methoxy groups -OCH3 is 1. The number of ether oxygens (including phenoxy) is 1. The average molecular weight is 397 g/mol. The van der Waals surface area contributed by atoms with Crippen molar-refractivity contribution >= 4 is 34.8 Å². The molecule has 0 atom stereocenters. The number of rotatable bonds is 5. The van der Waals surface area contributed by atoms with Crippen molar-refractivity contribution in [3.05, 3.63) is 47.5 Å². The number of hydrogen-bond donors (Lipinski definition) is 3. The van der Waals surface area contributed by atoms with Gasteiger partial charge in [-0.2, -0.15) is 0 Å². The minimum Gasteiger partial charge on any atom is -0.495 e. The first-order chi connectivity index (χ1) is 13.5. The van der Waals surface area contributed by atoms with Gasteiger partial charge in [0.1, 0.15) is 5.75 Å². The van der Waals surface area contributed by atoms with Gasteiger partial charge in [-0.05, 0) is 41.3 Å². The number of carbonyl (C=O) groups excluding carboxylic acids is 3. The first kappa shape index (κ1) is 21.9. The summed E-state index contributed by atoms with van der Waals surface area (Å²) in [6, 6.07) is 10.3. The lowest BCUT2D eigenvalue weighted by Crippen LogP contribution is -2.17. The van der Waals surface area contributed by atoms with Crippen LogP contribution in [0.4, 0.5) is 17.1 Å². The summed E-state index contributed by atoms with van der Waals surface area (Å²) in [5.74, 6) is -0.425. The molecular formula is C22H27N3O4. The predicted molar refractivity (Wildman–Crippen MR) is 115 cm³/mol. The van der Waals surface area contributed by atoms with Crippen LogP contribution in [0.25, 0.3) is 0 Å². The van der Waals surface area contributed by atoms with Crippen LogP contribution in [-0.4, -0.2) is 24.8 Å².